The Hall–Kier alpha value is -4.36. The minimum Gasteiger partial charge on any atom is -0.454 e. The van der Waals surface area contributed by atoms with Crippen LogP contribution in [-0.4, -0.2) is 42.1 Å². The van der Waals surface area contributed by atoms with Gasteiger partial charge < -0.3 is 14.6 Å². The first-order chi connectivity index (χ1) is 14.6. The van der Waals surface area contributed by atoms with E-state index in [1.807, 2.05) is 0 Å². The van der Waals surface area contributed by atoms with Gasteiger partial charge in [0.15, 0.2) is 17.8 Å². The summed E-state index contributed by atoms with van der Waals surface area (Å²) in [6.07, 6.45) is 1.17. The molecule has 0 atom stereocenters. The van der Waals surface area contributed by atoms with Gasteiger partial charge in [-0.05, 0) is 6.07 Å². The van der Waals surface area contributed by atoms with Crippen molar-refractivity contribution in [2.75, 3.05) is 11.9 Å². The molecule has 0 fully saturated rings. The number of carbonyl (C=O) groups is 2. The van der Waals surface area contributed by atoms with E-state index in [1.54, 1.807) is 0 Å². The number of non-ortho nitro benzene ring substituents is 1. The topological polar surface area (TPSA) is 160 Å². The maximum absolute atomic E-state index is 13.7. The number of halogens is 1. The van der Waals surface area contributed by atoms with Crippen LogP contribution in [0.5, 0.6) is 0 Å². The number of aromatic nitrogens is 4. The first kappa shape index (κ1) is 21.4. The number of ether oxygens (including phenoxy) is 1. The Morgan fingerprint density at radius 1 is 1.26 bits per heavy atom. The van der Waals surface area contributed by atoms with E-state index in [0.717, 1.165) is 31.9 Å². The van der Waals surface area contributed by atoms with Gasteiger partial charge in [-0.2, -0.15) is 0 Å². The second kappa shape index (κ2) is 8.17. The van der Waals surface area contributed by atoms with E-state index < -0.39 is 58.4 Å². The maximum atomic E-state index is 13.7. The number of nitrogens with zero attached hydrogens (tertiary/aromatic N) is 5. The lowest BCUT2D eigenvalue weighted by Gasteiger charge is -2.08. The fraction of sp³-hybridized carbons (Fsp3) is 0.235. The summed E-state index contributed by atoms with van der Waals surface area (Å²) in [5.74, 6) is -2.75. The number of anilines is 1. The Balaban J connectivity index is 1.68. The van der Waals surface area contributed by atoms with Gasteiger partial charge in [0.1, 0.15) is 12.4 Å². The highest BCUT2D eigenvalue weighted by atomic mass is 19.1. The second-order valence-electron chi connectivity index (χ2n) is 6.38. The van der Waals surface area contributed by atoms with Crippen molar-refractivity contribution in [3.63, 3.8) is 0 Å². The number of nitro benzene ring substituents is 1. The number of aryl methyl sites for hydroxylation is 1. The molecule has 0 saturated carbocycles. The van der Waals surface area contributed by atoms with Crippen molar-refractivity contribution in [2.24, 2.45) is 14.1 Å². The zero-order valence-electron chi connectivity index (χ0n) is 16.2. The van der Waals surface area contributed by atoms with Crippen molar-refractivity contribution in [1.82, 2.24) is 18.7 Å². The standard InChI is InChI=1S/C17H15FN6O7/c1-21-15-14(16(27)22(2)17(21)28)23(8-19-15)6-13(26)31-7-12(25)20-11-5-9(24(29)30)3-4-10(11)18/h3-5,8H,6-7H2,1-2H3,(H,20,25). The molecule has 0 bridgehead atoms. The number of carbonyl (C=O) groups excluding carboxylic acids is 2. The monoisotopic (exact) mass is 434 g/mol. The Bertz CT molecular complexity index is 1340. The molecule has 13 nitrogen and oxygen atoms in total. The average molecular weight is 434 g/mol. The predicted molar refractivity (Wildman–Crippen MR) is 103 cm³/mol. The molecule has 14 heteroatoms. The first-order valence-electron chi connectivity index (χ1n) is 8.60. The lowest BCUT2D eigenvalue weighted by atomic mass is 10.2. The van der Waals surface area contributed by atoms with Crippen molar-refractivity contribution < 1.29 is 23.6 Å². The zero-order chi connectivity index (χ0) is 22.9. The van der Waals surface area contributed by atoms with Crippen molar-refractivity contribution in [3.8, 4) is 0 Å². The highest BCUT2D eigenvalue weighted by Gasteiger charge is 2.18. The lowest BCUT2D eigenvalue weighted by Crippen LogP contribution is -2.37. The van der Waals surface area contributed by atoms with Crippen molar-refractivity contribution in [3.05, 3.63) is 61.3 Å². The van der Waals surface area contributed by atoms with E-state index >= 15 is 0 Å². The molecule has 1 N–H and O–H groups in total. The van der Waals surface area contributed by atoms with Crippen LogP contribution in [-0.2, 0) is 35.0 Å². The van der Waals surface area contributed by atoms with Crippen LogP contribution in [0.2, 0.25) is 0 Å². The third-order valence-corrected chi connectivity index (χ3v) is 4.32. The Morgan fingerprint density at radius 2 is 1.97 bits per heavy atom. The van der Waals surface area contributed by atoms with Gasteiger partial charge in [0.25, 0.3) is 17.2 Å². The molecule has 3 aromatic rings. The van der Waals surface area contributed by atoms with E-state index in [1.165, 1.54) is 20.4 Å². The molecule has 0 radical (unpaired) electrons. The molecule has 0 spiro atoms. The molecule has 1 aromatic carbocycles. The zero-order valence-corrected chi connectivity index (χ0v) is 16.2. The van der Waals surface area contributed by atoms with Gasteiger partial charge in [-0.15, -0.1) is 0 Å². The third kappa shape index (κ3) is 4.17. The van der Waals surface area contributed by atoms with E-state index in [-0.39, 0.29) is 11.2 Å². The number of fused-ring (bicyclic) bond motifs is 1. The van der Waals surface area contributed by atoms with Gasteiger partial charge in [0.05, 0.1) is 16.9 Å². The van der Waals surface area contributed by atoms with Crippen molar-refractivity contribution in [2.45, 2.75) is 6.54 Å². The van der Waals surface area contributed by atoms with Crippen LogP contribution in [0.4, 0.5) is 15.8 Å². The molecule has 2 heterocycles. The molecular weight excluding hydrogens is 419 g/mol. The summed E-state index contributed by atoms with van der Waals surface area (Å²) in [6.45, 7) is -1.29. The van der Waals surface area contributed by atoms with Crippen LogP contribution < -0.4 is 16.6 Å². The van der Waals surface area contributed by atoms with Gasteiger partial charge in [-0.1, -0.05) is 0 Å². The molecule has 3 rings (SSSR count). The number of nitro groups is 1. The normalized spacial score (nSPS) is 10.8. The SMILES string of the molecule is Cn1c(=O)c2c(ncn2CC(=O)OCC(=O)Nc2cc([N+](=O)[O-])ccc2F)n(C)c1=O. The molecule has 0 saturated heterocycles. The number of imidazole rings is 1. The highest BCUT2D eigenvalue weighted by molar-refractivity contribution is 5.93. The average Bonchev–Trinajstić information content (AvgIpc) is 3.14. The Labute approximate surface area is 171 Å². The van der Waals surface area contributed by atoms with E-state index in [4.69, 9.17) is 4.74 Å². The van der Waals surface area contributed by atoms with Gasteiger partial charge in [-0.3, -0.25) is 33.6 Å². The quantitative estimate of drug-likeness (QED) is 0.313. The molecule has 31 heavy (non-hydrogen) atoms. The molecule has 0 aliphatic heterocycles. The number of esters is 1. The van der Waals surface area contributed by atoms with Gasteiger partial charge in [0, 0.05) is 26.2 Å². The number of benzene rings is 1. The molecule has 1 amide bonds. The number of hydrogen-bond donors (Lipinski definition) is 1. The Kier molecular flexibility index (Phi) is 5.63. The van der Waals surface area contributed by atoms with Crippen LogP contribution in [0.1, 0.15) is 0 Å². The maximum Gasteiger partial charge on any atom is 0.332 e. The molecule has 0 aliphatic carbocycles. The number of hydrogen-bond acceptors (Lipinski definition) is 8. The summed E-state index contributed by atoms with van der Waals surface area (Å²) in [4.78, 5) is 62.2. The van der Waals surface area contributed by atoms with Crippen LogP contribution in [0.25, 0.3) is 11.2 Å². The van der Waals surface area contributed by atoms with Crippen molar-refractivity contribution >= 4 is 34.4 Å². The molecule has 0 aliphatic rings. The van der Waals surface area contributed by atoms with Gasteiger partial charge >= 0.3 is 11.7 Å². The minimum atomic E-state index is -0.929. The number of rotatable bonds is 6. The fourth-order valence-corrected chi connectivity index (χ4v) is 2.76. The summed E-state index contributed by atoms with van der Waals surface area (Å²) in [5.41, 5.74) is -2.07. The Morgan fingerprint density at radius 3 is 2.65 bits per heavy atom. The summed E-state index contributed by atoms with van der Waals surface area (Å²) >= 11 is 0. The summed E-state index contributed by atoms with van der Waals surface area (Å²) in [5, 5.41) is 12.8. The van der Waals surface area contributed by atoms with Crippen LogP contribution in [0.15, 0.2) is 34.1 Å². The van der Waals surface area contributed by atoms with E-state index in [9.17, 15) is 33.7 Å². The number of amides is 1. The molecule has 162 valence electrons. The van der Waals surface area contributed by atoms with Crippen LogP contribution in [0, 0.1) is 15.9 Å². The lowest BCUT2D eigenvalue weighted by molar-refractivity contribution is -0.384. The van der Waals surface area contributed by atoms with Crippen molar-refractivity contribution in [1.29, 1.82) is 0 Å². The largest absolute Gasteiger partial charge is 0.454 e. The van der Waals surface area contributed by atoms with E-state index in [2.05, 4.69) is 10.3 Å². The first-order valence-corrected chi connectivity index (χ1v) is 8.60. The molecule has 0 unspecified atom stereocenters. The minimum absolute atomic E-state index is 0.00957. The molecular formula is C17H15FN6O7. The highest BCUT2D eigenvalue weighted by Crippen LogP contribution is 2.21. The number of nitrogens with one attached hydrogen (secondary N) is 1. The third-order valence-electron chi connectivity index (χ3n) is 4.32. The molecule has 2 aromatic heterocycles. The van der Waals surface area contributed by atoms with Gasteiger partial charge in [-0.25, -0.2) is 14.2 Å². The summed E-state index contributed by atoms with van der Waals surface area (Å²) in [6, 6.07) is 2.57. The summed E-state index contributed by atoms with van der Waals surface area (Å²) in [7, 11) is 2.69. The van der Waals surface area contributed by atoms with Crippen LogP contribution in [0.3, 0.4) is 0 Å². The smallest absolute Gasteiger partial charge is 0.332 e. The van der Waals surface area contributed by atoms with E-state index in [0.29, 0.717) is 0 Å². The van der Waals surface area contributed by atoms with Crippen LogP contribution >= 0.6 is 0 Å². The fourth-order valence-electron chi connectivity index (χ4n) is 2.76. The predicted octanol–water partition coefficient (Wildman–Crippen LogP) is -0.337. The second-order valence-corrected chi connectivity index (χ2v) is 6.38. The van der Waals surface area contributed by atoms with Gasteiger partial charge in [0.2, 0.25) is 0 Å². The summed E-state index contributed by atoms with van der Waals surface area (Å²) < 4.78 is 21.7.